The topological polar surface area (TPSA) is 207 Å². The molecule has 6 amide bonds. The third-order valence-corrected chi connectivity index (χ3v) is 10.2. The zero-order chi connectivity index (χ0) is 44.7. The van der Waals surface area contributed by atoms with Crippen LogP contribution in [0.3, 0.4) is 0 Å². The minimum absolute atomic E-state index is 0.0538. The summed E-state index contributed by atoms with van der Waals surface area (Å²) >= 11 is 0. The maximum absolute atomic E-state index is 14.4. The number of carbonyl (C=O) groups is 7. The summed E-state index contributed by atoms with van der Waals surface area (Å²) in [7, 11) is 7.46. The maximum atomic E-state index is 14.4. The molecule has 17 heteroatoms. The third-order valence-electron chi connectivity index (χ3n) is 10.2. The molecular formula is C40H76N9O8-. The average Bonchev–Trinajstić information content (AvgIpc) is 3.14. The van der Waals surface area contributed by atoms with Crippen molar-refractivity contribution in [2.24, 2.45) is 23.7 Å². The quantitative estimate of drug-likeness (QED) is 0.0598. The normalized spacial score (nSPS) is 16.1. The van der Waals surface area contributed by atoms with Gasteiger partial charge in [0.1, 0.15) is 24.2 Å². The number of likely N-dealkylation sites (N-methyl/N-ethyl adjacent to an activating group) is 5. The monoisotopic (exact) mass is 811 g/mol. The van der Waals surface area contributed by atoms with Gasteiger partial charge in [0.2, 0.25) is 35.4 Å². The van der Waals surface area contributed by atoms with E-state index in [2.05, 4.69) is 21.3 Å². The van der Waals surface area contributed by atoms with Crippen molar-refractivity contribution in [2.45, 2.75) is 157 Å². The Morgan fingerprint density at radius 1 is 0.702 bits per heavy atom. The van der Waals surface area contributed by atoms with Crippen molar-refractivity contribution in [3.05, 3.63) is 5.21 Å². The molecule has 7 atom stereocenters. The lowest BCUT2D eigenvalue weighted by atomic mass is 9.92. The van der Waals surface area contributed by atoms with E-state index in [0.29, 0.717) is 24.3 Å². The van der Waals surface area contributed by atoms with Crippen LogP contribution in [0.1, 0.15) is 115 Å². The fourth-order valence-electron chi connectivity index (χ4n) is 6.58. The Bertz CT molecular complexity index is 1350. The molecule has 1 unspecified atom stereocenters. The summed E-state index contributed by atoms with van der Waals surface area (Å²) < 4.78 is 0. The van der Waals surface area contributed by atoms with Gasteiger partial charge in [0.05, 0.1) is 12.2 Å². The van der Waals surface area contributed by atoms with Gasteiger partial charge in [-0.3, -0.25) is 44.1 Å². The Morgan fingerprint density at radius 2 is 1.23 bits per heavy atom. The van der Waals surface area contributed by atoms with E-state index < -0.39 is 71.6 Å². The van der Waals surface area contributed by atoms with Crippen molar-refractivity contribution >= 4 is 41.7 Å². The molecule has 0 heterocycles. The highest BCUT2D eigenvalue weighted by Crippen LogP contribution is 2.25. The van der Waals surface area contributed by atoms with Crippen molar-refractivity contribution in [3.8, 4) is 0 Å². The second-order valence-corrected chi connectivity index (χ2v) is 17.0. The van der Waals surface area contributed by atoms with E-state index in [1.807, 2.05) is 48.5 Å². The molecule has 0 spiro atoms. The molecule has 0 bridgehead atoms. The summed E-state index contributed by atoms with van der Waals surface area (Å²) in [4.78, 5) is 97.8. The largest absolute Gasteiger partial charge is 0.770 e. The van der Waals surface area contributed by atoms with Gasteiger partial charge in [0.15, 0.2) is 11.9 Å². The Hall–Kier alpha value is -3.67. The number of nitrogens with zero attached hydrogens (tertiary/aromatic N) is 5. The highest BCUT2D eigenvalue weighted by molar-refractivity contribution is 5.94. The van der Waals surface area contributed by atoms with Gasteiger partial charge < -0.3 is 35.9 Å². The molecule has 0 aromatic heterocycles. The predicted molar refractivity (Wildman–Crippen MR) is 221 cm³/mol. The molecule has 0 aliphatic heterocycles. The summed E-state index contributed by atoms with van der Waals surface area (Å²) in [5, 5.41) is 26.0. The lowest BCUT2D eigenvalue weighted by Crippen LogP contribution is -2.69. The second-order valence-electron chi connectivity index (χ2n) is 17.0. The van der Waals surface area contributed by atoms with Crippen molar-refractivity contribution in [1.82, 2.24) is 46.1 Å². The Labute approximate surface area is 342 Å². The van der Waals surface area contributed by atoms with E-state index in [-0.39, 0.29) is 48.8 Å². The summed E-state index contributed by atoms with van der Waals surface area (Å²) in [6.45, 7) is 21.4. The van der Waals surface area contributed by atoms with E-state index in [1.165, 1.54) is 61.7 Å². The van der Waals surface area contributed by atoms with Crippen LogP contribution in [0.15, 0.2) is 0 Å². The highest BCUT2D eigenvalue weighted by atomic mass is 16.6. The highest BCUT2D eigenvalue weighted by Gasteiger charge is 2.45. The molecule has 0 saturated heterocycles. The molecule has 0 aromatic rings. The van der Waals surface area contributed by atoms with Crippen molar-refractivity contribution < 1.29 is 33.6 Å². The lowest BCUT2D eigenvalue weighted by molar-refractivity contribution is -0.153. The van der Waals surface area contributed by atoms with Gasteiger partial charge in [-0.05, 0) is 70.1 Å². The number of carbonyl (C=O) groups excluding carboxylic acids is 7. The van der Waals surface area contributed by atoms with Gasteiger partial charge in [-0.15, -0.1) is 0 Å². The molecule has 0 saturated carbocycles. The van der Waals surface area contributed by atoms with Crippen LogP contribution in [0, 0.1) is 28.9 Å². The van der Waals surface area contributed by atoms with E-state index in [4.69, 9.17) is 0 Å². The number of hydrogen-bond acceptors (Lipinski definition) is 11. The molecule has 4 N–H and O–H groups in total. The van der Waals surface area contributed by atoms with Crippen molar-refractivity contribution in [3.63, 3.8) is 0 Å². The minimum Gasteiger partial charge on any atom is -0.770 e. The Balaban J connectivity index is 6.41. The van der Waals surface area contributed by atoms with Crippen LogP contribution in [-0.2, 0) is 33.6 Å². The predicted octanol–water partition coefficient (Wildman–Crippen LogP) is 2.29. The first-order chi connectivity index (χ1) is 26.2. The molecule has 17 nitrogen and oxygen atoms in total. The standard InChI is InChI=1S/C40H76N9O8/c1-18-19-33(51)45(14)29(11)38(55)47(16)40(23-50,22-26(6)7)44-34(27(8)9)39(56)46(15)31(20-24(2)3)37(54)42-28(10)35(52)43-30(12)49(57)48(17)32(21-25(4)5)36(53)41-13/h23-32,34,44H,18-22H2,1-17H3,(H,41,53)(H,42,54)(H,43,52)/q-1/t28-,29+,30+,31?,32-,34-,40+/m0/s1. The number of nitrogens with one attached hydrogen (secondary N) is 4. The van der Waals surface area contributed by atoms with Gasteiger partial charge in [0, 0.05) is 41.7 Å². The average molecular weight is 811 g/mol. The van der Waals surface area contributed by atoms with Crippen LogP contribution < -0.4 is 21.3 Å². The fraction of sp³-hybridized carbons (Fsp3) is 0.825. The smallest absolute Gasteiger partial charge is 0.246 e. The van der Waals surface area contributed by atoms with Crippen LogP contribution in [0.2, 0.25) is 0 Å². The molecule has 0 aliphatic rings. The van der Waals surface area contributed by atoms with Crippen LogP contribution in [0.5, 0.6) is 0 Å². The van der Waals surface area contributed by atoms with Gasteiger partial charge in [-0.2, -0.15) is 0 Å². The van der Waals surface area contributed by atoms with Gasteiger partial charge in [0.25, 0.3) is 0 Å². The summed E-state index contributed by atoms with van der Waals surface area (Å²) in [5.74, 6) is -3.25. The van der Waals surface area contributed by atoms with Gasteiger partial charge >= 0.3 is 0 Å². The number of hydroxylamine groups is 1. The van der Waals surface area contributed by atoms with Crippen molar-refractivity contribution in [2.75, 3.05) is 35.2 Å². The first kappa shape index (κ1) is 53.3. The Morgan fingerprint density at radius 3 is 1.67 bits per heavy atom. The van der Waals surface area contributed by atoms with E-state index >= 15 is 0 Å². The summed E-state index contributed by atoms with van der Waals surface area (Å²) in [6, 6.07) is -4.84. The third kappa shape index (κ3) is 15.5. The second kappa shape index (κ2) is 24.3. The number of amides is 6. The molecule has 0 fully saturated rings. The lowest BCUT2D eigenvalue weighted by Gasteiger charge is -2.45. The number of rotatable bonds is 25. The minimum atomic E-state index is -1.64. The SMILES string of the molecule is CCCC(=O)N(C)[C@H](C)C(=O)N(C)[C@@](C=O)(CC(C)C)N[C@H](C(=O)N(C)C(CC(C)C)C(=O)N[C@@H](C)C(=O)N[C@@H](C)N([O-])N(C)[C@@H](CC(C)C)C(=O)NC)C(C)C. The summed E-state index contributed by atoms with van der Waals surface area (Å²) in [6.07, 6.45) is 1.19. The summed E-state index contributed by atoms with van der Waals surface area (Å²) in [5.41, 5.74) is -1.64. The number of hydrazine groups is 1. The molecule has 0 rings (SSSR count). The van der Waals surface area contributed by atoms with Gasteiger partial charge in [-0.1, -0.05) is 62.3 Å². The molecular weight excluding hydrogens is 734 g/mol. The number of hydrogen-bond donors (Lipinski definition) is 4. The van der Waals surface area contributed by atoms with Crippen LogP contribution in [-0.4, -0.2) is 144 Å². The first-order valence-electron chi connectivity index (χ1n) is 20.3. The molecule has 330 valence electrons. The number of aldehydes is 1. The molecule has 57 heavy (non-hydrogen) atoms. The zero-order valence-electron chi connectivity index (χ0n) is 37.9. The Kier molecular flexibility index (Phi) is 22.7. The van der Waals surface area contributed by atoms with Crippen LogP contribution >= 0.6 is 0 Å². The van der Waals surface area contributed by atoms with Crippen LogP contribution in [0.25, 0.3) is 0 Å². The first-order valence-corrected chi connectivity index (χ1v) is 20.3. The zero-order valence-corrected chi connectivity index (χ0v) is 37.9. The fourth-order valence-corrected chi connectivity index (χ4v) is 6.58. The molecule has 0 aromatic carbocycles. The van der Waals surface area contributed by atoms with E-state index in [0.717, 1.165) is 0 Å². The maximum Gasteiger partial charge on any atom is 0.246 e. The van der Waals surface area contributed by atoms with E-state index in [1.54, 1.807) is 27.8 Å². The van der Waals surface area contributed by atoms with Crippen molar-refractivity contribution in [1.29, 1.82) is 0 Å². The molecule has 0 radical (unpaired) electrons. The van der Waals surface area contributed by atoms with E-state index in [9.17, 15) is 38.8 Å². The van der Waals surface area contributed by atoms with Crippen LogP contribution in [0.4, 0.5) is 0 Å². The molecule has 0 aliphatic carbocycles. The van der Waals surface area contributed by atoms with Gasteiger partial charge in [-0.25, -0.2) is 5.01 Å².